The molecule has 0 amide bonds. The van der Waals surface area contributed by atoms with E-state index in [-0.39, 0.29) is 5.78 Å². The molecule has 0 saturated carbocycles. The summed E-state index contributed by atoms with van der Waals surface area (Å²) >= 11 is 1.19. The molecule has 2 rings (SSSR count). The van der Waals surface area contributed by atoms with Crippen LogP contribution in [0.25, 0.3) is 0 Å². The molecule has 2 aromatic rings. The third-order valence-electron chi connectivity index (χ3n) is 1.89. The molecule has 4 heteroatoms. The van der Waals surface area contributed by atoms with Crippen LogP contribution in [-0.4, -0.2) is 17.1 Å². The van der Waals surface area contributed by atoms with E-state index in [1.165, 1.54) is 17.5 Å². The highest BCUT2D eigenvalue weighted by atomic mass is 32.1. The number of aldehydes is 1. The summed E-state index contributed by atoms with van der Waals surface area (Å²) in [6.07, 6.45) is 3.87. The second-order valence-corrected chi connectivity index (χ2v) is 4.01. The lowest BCUT2D eigenvalue weighted by atomic mass is 10.1. The Morgan fingerprint density at radius 1 is 1.33 bits per heavy atom. The fraction of sp³-hybridized carbons (Fsp3) is 0. The normalized spacial score (nSPS) is 9.87. The maximum atomic E-state index is 11.8. The number of carbonyl (C=O) groups is 2. The van der Waals surface area contributed by atoms with Crippen molar-refractivity contribution in [2.75, 3.05) is 0 Å². The first-order chi connectivity index (χ1) is 7.31. The highest BCUT2D eigenvalue weighted by Gasteiger charge is 2.11. The van der Waals surface area contributed by atoms with Crippen molar-refractivity contribution in [3.63, 3.8) is 0 Å². The molecule has 0 spiro atoms. The molecule has 0 aliphatic carbocycles. The second kappa shape index (κ2) is 4.14. The number of hydrogen-bond acceptors (Lipinski definition) is 4. The van der Waals surface area contributed by atoms with Crippen LogP contribution in [0.15, 0.2) is 36.7 Å². The smallest absolute Gasteiger partial charge is 0.204 e. The third-order valence-corrected chi connectivity index (χ3v) is 2.90. The molecule has 0 fully saturated rings. The van der Waals surface area contributed by atoms with Gasteiger partial charge in [0.15, 0.2) is 6.29 Å². The van der Waals surface area contributed by atoms with Crippen LogP contribution in [0.5, 0.6) is 0 Å². The Morgan fingerprint density at radius 3 is 2.80 bits per heavy atom. The summed E-state index contributed by atoms with van der Waals surface area (Å²) in [5.74, 6) is -0.0961. The number of rotatable bonds is 3. The van der Waals surface area contributed by atoms with Gasteiger partial charge in [-0.15, -0.1) is 11.3 Å². The van der Waals surface area contributed by atoms with Crippen LogP contribution in [0.4, 0.5) is 0 Å². The minimum atomic E-state index is -0.0961. The molecule has 0 aliphatic heterocycles. The number of ketones is 1. The molecule has 3 nitrogen and oxygen atoms in total. The predicted molar refractivity (Wildman–Crippen MR) is 57.4 cm³/mol. The molecule has 0 aliphatic rings. The van der Waals surface area contributed by atoms with Gasteiger partial charge in [-0.1, -0.05) is 0 Å². The standard InChI is InChI=1S/C11H7NO2S/c13-7-9-3-4-10(15-9)11(14)8-2-1-5-12-6-8/h1-7H. The SMILES string of the molecule is O=Cc1ccc(C(=O)c2cccnc2)s1. The number of hydrogen-bond donors (Lipinski definition) is 0. The second-order valence-electron chi connectivity index (χ2n) is 2.89. The van der Waals surface area contributed by atoms with Crippen molar-refractivity contribution in [1.29, 1.82) is 0 Å². The lowest BCUT2D eigenvalue weighted by Crippen LogP contribution is -1.98. The largest absolute Gasteiger partial charge is 0.297 e. The Morgan fingerprint density at radius 2 is 2.20 bits per heavy atom. The minimum Gasteiger partial charge on any atom is -0.297 e. The first-order valence-electron chi connectivity index (χ1n) is 4.31. The van der Waals surface area contributed by atoms with Gasteiger partial charge in [-0.05, 0) is 24.3 Å². The van der Waals surface area contributed by atoms with Crippen LogP contribution in [0.2, 0.25) is 0 Å². The molecule has 2 aromatic heterocycles. The summed E-state index contributed by atoms with van der Waals surface area (Å²) in [5, 5.41) is 0. The van der Waals surface area contributed by atoms with Crippen molar-refractivity contribution in [3.05, 3.63) is 52.0 Å². The molecular weight excluding hydrogens is 210 g/mol. The number of thiophene rings is 1. The summed E-state index contributed by atoms with van der Waals surface area (Å²) in [5.41, 5.74) is 0.539. The molecule has 0 N–H and O–H groups in total. The van der Waals surface area contributed by atoms with E-state index in [1.54, 1.807) is 30.5 Å². The average molecular weight is 217 g/mol. The van der Waals surface area contributed by atoms with Gasteiger partial charge in [0.05, 0.1) is 9.75 Å². The van der Waals surface area contributed by atoms with Crippen molar-refractivity contribution >= 4 is 23.4 Å². The van der Waals surface area contributed by atoms with Crippen molar-refractivity contribution < 1.29 is 9.59 Å². The monoisotopic (exact) mass is 217 g/mol. The molecule has 0 saturated heterocycles. The lowest BCUT2D eigenvalue weighted by molar-refractivity contribution is 0.104. The first kappa shape index (κ1) is 9.73. The van der Waals surface area contributed by atoms with Gasteiger partial charge in [-0.2, -0.15) is 0 Å². The van der Waals surface area contributed by atoms with Crippen LogP contribution >= 0.6 is 11.3 Å². The van der Waals surface area contributed by atoms with Crippen LogP contribution < -0.4 is 0 Å². The van der Waals surface area contributed by atoms with E-state index in [2.05, 4.69) is 4.98 Å². The molecule has 0 unspecified atom stereocenters. The van der Waals surface area contributed by atoms with Gasteiger partial charge in [0, 0.05) is 18.0 Å². The van der Waals surface area contributed by atoms with Gasteiger partial charge in [-0.25, -0.2) is 0 Å². The summed E-state index contributed by atoms with van der Waals surface area (Å²) in [7, 11) is 0. The van der Waals surface area contributed by atoms with Gasteiger partial charge in [0.1, 0.15) is 0 Å². The summed E-state index contributed by atoms with van der Waals surface area (Å²) < 4.78 is 0. The summed E-state index contributed by atoms with van der Waals surface area (Å²) in [6, 6.07) is 6.71. The van der Waals surface area contributed by atoms with E-state index in [9.17, 15) is 9.59 Å². The Bertz CT molecular complexity index is 490. The Hall–Kier alpha value is -1.81. The molecule has 0 aromatic carbocycles. The van der Waals surface area contributed by atoms with Crippen molar-refractivity contribution in [1.82, 2.24) is 4.98 Å². The Labute approximate surface area is 90.4 Å². The van der Waals surface area contributed by atoms with Gasteiger partial charge < -0.3 is 0 Å². The van der Waals surface area contributed by atoms with E-state index < -0.39 is 0 Å². The minimum absolute atomic E-state index is 0.0961. The topological polar surface area (TPSA) is 47.0 Å². The van der Waals surface area contributed by atoms with Gasteiger partial charge in [0.2, 0.25) is 5.78 Å². The highest BCUT2D eigenvalue weighted by molar-refractivity contribution is 7.15. The van der Waals surface area contributed by atoms with Crippen LogP contribution in [0.3, 0.4) is 0 Å². The van der Waals surface area contributed by atoms with Crippen LogP contribution in [-0.2, 0) is 0 Å². The van der Waals surface area contributed by atoms with E-state index in [1.807, 2.05) is 0 Å². The van der Waals surface area contributed by atoms with Gasteiger partial charge >= 0.3 is 0 Å². The Balaban J connectivity index is 2.32. The maximum Gasteiger partial charge on any atom is 0.204 e. The zero-order chi connectivity index (χ0) is 10.7. The molecule has 15 heavy (non-hydrogen) atoms. The molecule has 0 bridgehead atoms. The molecule has 0 atom stereocenters. The lowest BCUT2D eigenvalue weighted by Gasteiger charge is -1.95. The van der Waals surface area contributed by atoms with Gasteiger partial charge in [0.25, 0.3) is 0 Å². The van der Waals surface area contributed by atoms with Gasteiger partial charge in [-0.3, -0.25) is 14.6 Å². The third kappa shape index (κ3) is 1.99. The summed E-state index contributed by atoms with van der Waals surface area (Å²) in [6.45, 7) is 0. The van der Waals surface area contributed by atoms with E-state index in [0.29, 0.717) is 15.3 Å². The van der Waals surface area contributed by atoms with E-state index >= 15 is 0 Å². The molecule has 2 heterocycles. The first-order valence-corrected chi connectivity index (χ1v) is 5.12. The van der Waals surface area contributed by atoms with Crippen molar-refractivity contribution in [2.24, 2.45) is 0 Å². The van der Waals surface area contributed by atoms with Crippen LogP contribution in [0, 0.1) is 0 Å². The fourth-order valence-electron chi connectivity index (χ4n) is 1.18. The highest BCUT2D eigenvalue weighted by Crippen LogP contribution is 2.18. The molecule has 74 valence electrons. The molecular formula is C11H7NO2S. The van der Waals surface area contributed by atoms with E-state index in [0.717, 1.165) is 6.29 Å². The zero-order valence-electron chi connectivity index (χ0n) is 7.71. The van der Waals surface area contributed by atoms with Crippen LogP contribution in [0.1, 0.15) is 24.9 Å². The number of nitrogens with zero attached hydrogens (tertiary/aromatic N) is 1. The zero-order valence-corrected chi connectivity index (χ0v) is 8.53. The summed E-state index contributed by atoms with van der Waals surface area (Å²) in [4.78, 5) is 27.3. The van der Waals surface area contributed by atoms with E-state index in [4.69, 9.17) is 0 Å². The number of carbonyl (C=O) groups excluding carboxylic acids is 2. The Kier molecular flexibility index (Phi) is 2.69. The van der Waals surface area contributed by atoms with Crippen molar-refractivity contribution in [2.45, 2.75) is 0 Å². The number of pyridine rings is 1. The number of aromatic nitrogens is 1. The molecule has 0 radical (unpaired) electrons. The van der Waals surface area contributed by atoms with Crippen molar-refractivity contribution in [3.8, 4) is 0 Å². The maximum absolute atomic E-state index is 11.8. The fourth-order valence-corrected chi connectivity index (χ4v) is 1.96. The average Bonchev–Trinajstić information content (AvgIpc) is 2.78. The quantitative estimate of drug-likeness (QED) is 0.584. The predicted octanol–water partition coefficient (Wildman–Crippen LogP) is 2.19.